The average molecular weight is 413 g/mol. The number of carbonyl (C=O) groups excluding carboxylic acids is 2. The minimum Gasteiger partial charge on any atom is -0.478 e. The first-order valence-electron chi connectivity index (χ1n) is 10.1. The summed E-state index contributed by atoms with van der Waals surface area (Å²) in [7, 11) is 0. The Morgan fingerprint density at radius 1 is 0.633 bits per heavy atom. The fourth-order valence-electron chi connectivity index (χ4n) is 2.03. The Bertz CT molecular complexity index is 703. The standard InChI is InChI=1S/C25H32O5/c1-2-3-4-5-6-7-8-9-10-11-12-13-14-15-16-17-18-19-20-24(28)30-25(29)22-21-23(26)27/h3-4,6-7,9-10,12-13,15-16,18-19,21-22H,2,5,8,11,14,17,20H2,1H3,(H,26,27)/b4-3-,7-6-,10-9-,13-12-,16-15-,19-18-,22-21+. The van der Waals surface area contributed by atoms with Crippen LogP contribution in [-0.4, -0.2) is 23.0 Å². The highest BCUT2D eigenvalue weighted by atomic mass is 16.6. The summed E-state index contributed by atoms with van der Waals surface area (Å²) in [6, 6.07) is 0. The molecule has 0 amide bonds. The van der Waals surface area contributed by atoms with Crippen LogP contribution in [0, 0.1) is 0 Å². The van der Waals surface area contributed by atoms with Crippen LogP contribution in [0.4, 0.5) is 0 Å². The summed E-state index contributed by atoms with van der Waals surface area (Å²) in [5.74, 6) is -3.00. The molecule has 0 bridgehead atoms. The van der Waals surface area contributed by atoms with Crippen LogP contribution in [0.3, 0.4) is 0 Å². The van der Waals surface area contributed by atoms with Gasteiger partial charge < -0.3 is 9.84 Å². The van der Waals surface area contributed by atoms with Crippen LogP contribution in [0.2, 0.25) is 0 Å². The van der Waals surface area contributed by atoms with Crippen molar-refractivity contribution in [3.8, 4) is 0 Å². The van der Waals surface area contributed by atoms with Gasteiger partial charge in [-0.1, -0.05) is 79.8 Å². The van der Waals surface area contributed by atoms with Gasteiger partial charge in [-0.05, 0) is 38.5 Å². The second kappa shape index (κ2) is 20.5. The van der Waals surface area contributed by atoms with Crippen LogP contribution in [0.1, 0.15) is 51.9 Å². The molecule has 0 aliphatic heterocycles. The Labute approximate surface area is 179 Å². The van der Waals surface area contributed by atoms with Crippen molar-refractivity contribution in [1.29, 1.82) is 0 Å². The number of ether oxygens (including phenoxy) is 1. The topological polar surface area (TPSA) is 80.7 Å². The molecule has 1 N–H and O–H groups in total. The summed E-state index contributed by atoms with van der Waals surface area (Å²) >= 11 is 0. The second-order valence-electron chi connectivity index (χ2n) is 6.08. The van der Waals surface area contributed by atoms with Gasteiger partial charge in [0, 0.05) is 12.2 Å². The van der Waals surface area contributed by atoms with E-state index in [1.807, 2.05) is 12.2 Å². The molecular formula is C25H32O5. The first kappa shape index (κ1) is 26.8. The Morgan fingerprint density at radius 3 is 1.43 bits per heavy atom. The molecule has 0 saturated carbocycles. The number of carbonyl (C=O) groups is 3. The first-order valence-corrected chi connectivity index (χ1v) is 10.1. The van der Waals surface area contributed by atoms with Crippen LogP contribution >= 0.6 is 0 Å². The average Bonchev–Trinajstić information content (AvgIpc) is 2.71. The van der Waals surface area contributed by atoms with Crippen molar-refractivity contribution in [2.45, 2.75) is 51.9 Å². The molecule has 0 heterocycles. The second-order valence-corrected chi connectivity index (χ2v) is 6.08. The van der Waals surface area contributed by atoms with Gasteiger partial charge in [-0.3, -0.25) is 4.79 Å². The number of rotatable bonds is 15. The van der Waals surface area contributed by atoms with Gasteiger partial charge in [0.25, 0.3) is 0 Å². The first-order chi connectivity index (χ1) is 14.6. The van der Waals surface area contributed by atoms with Gasteiger partial charge in [0.05, 0.1) is 6.42 Å². The third-order valence-corrected chi connectivity index (χ3v) is 3.46. The monoisotopic (exact) mass is 412 g/mol. The van der Waals surface area contributed by atoms with E-state index in [0.717, 1.165) is 32.1 Å². The van der Waals surface area contributed by atoms with Crippen molar-refractivity contribution in [2.75, 3.05) is 0 Å². The van der Waals surface area contributed by atoms with Gasteiger partial charge in [0.1, 0.15) is 0 Å². The van der Waals surface area contributed by atoms with Gasteiger partial charge in [0.2, 0.25) is 0 Å². The van der Waals surface area contributed by atoms with Crippen molar-refractivity contribution in [1.82, 2.24) is 0 Å². The molecule has 162 valence electrons. The van der Waals surface area contributed by atoms with E-state index in [1.54, 1.807) is 12.2 Å². The minimum atomic E-state index is -1.28. The highest BCUT2D eigenvalue weighted by molar-refractivity contribution is 5.96. The van der Waals surface area contributed by atoms with E-state index in [1.165, 1.54) is 0 Å². The van der Waals surface area contributed by atoms with Crippen molar-refractivity contribution in [2.24, 2.45) is 0 Å². The van der Waals surface area contributed by atoms with E-state index >= 15 is 0 Å². The van der Waals surface area contributed by atoms with Crippen molar-refractivity contribution in [3.63, 3.8) is 0 Å². The number of carboxylic acid groups (broad SMARTS) is 1. The van der Waals surface area contributed by atoms with Crippen LogP contribution in [0.25, 0.3) is 0 Å². The van der Waals surface area contributed by atoms with Crippen LogP contribution in [0.15, 0.2) is 85.1 Å². The molecule has 0 aliphatic rings. The maximum absolute atomic E-state index is 11.4. The quantitative estimate of drug-likeness (QED) is 0.159. The number of aliphatic carboxylic acids is 1. The summed E-state index contributed by atoms with van der Waals surface area (Å²) in [5, 5.41) is 8.36. The number of allylic oxidation sites excluding steroid dienone is 11. The molecule has 0 aromatic heterocycles. The van der Waals surface area contributed by atoms with E-state index in [0.29, 0.717) is 18.6 Å². The fourth-order valence-corrected chi connectivity index (χ4v) is 2.03. The van der Waals surface area contributed by atoms with Gasteiger partial charge in [0.15, 0.2) is 0 Å². The van der Waals surface area contributed by atoms with E-state index in [9.17, 15) is 14.4 Å². The lowest BCUT2D eigenvalue weighted by atomic mass is 10.2. The predicted octanol–water partition coefficient (Wildman–Crippen LogP) is 5.78. The zero-order valence-electron chi connectivity index (χ0n) is 17.6. The molecule has 0 unspecified atom stereocenters. The van der Waals surface area contributed by atoms with Crippen LogP contribution in [0.5, 0.6) is 0 Å². The lowest BCUT2D eigenvalue weighted by Gasteiger charge is -1.95. The number of hydrogen-bond acceptors (Lipinski definition) is 4. The Kier molecular flexibility index (Phi) is 18.3. The normalized spacial score (nSPS) is 12.7. The molecule has 0 spiro atoms. The zero-order valence-corrected chi connectivity index (χ0v) is 17.6. The highest BCUT2D eigenvalue weighted by Gasteiger charge is 2.05. The van der Waals surface area contributed by atoms with Crippen LogP contribution in [-0.2, 0) is 19.1 Å². The molecule has 30 heavy (non-hydrogen) atoms. The molecule has 0 radical (unpaired) electrons. The molecule has 0 aromatic rings. The lowest BCUT2D eigenvalue weighted by Crippen LogP contribution is -2.09. The molecular weight excluding hydrogens is 380 g/mol. The third-order valence-electron chi connectivity index (χ3n) is 3.46. The summed E-state index contributed by atoms with van der Waals surface area (Å²) in [6.45, 7) is 2.13. The lowest BCUT2D eigenvalue weighted by molar-refractivity contribution is -0.155. The molecule has 0 saturated heterocycles. The SMILES string of the molecule is CC/C=C\C/C=C\C/C=C\C/C=C\C/C=C\C/C=C\CC(=O)OC(=O)/C=C/C(=O)O. The van der Waals surface area contributed by atoms with Crippen molar-refractivity contribution < 1.29 is 24.2 Å². The van der Waals surface area contributed by atoms with Gasteiger partial charge >= 0.3 is 17.9 Å². The number of esters is 2. The number of carboxylic acids is 1. The highest BCUT2D eigenvalue weighted by Crippen LogP contribution is 1.97. The van der Waals surface area contributed by atoms with E-state index in [-0.39, 0.29) is 6.42 Å². The van der Waals surface area contributed by atoms with Crippen LogP contribution < -0.4 is 0 Å². The molecule has 0 atom stereocenters. The number of hydrogen-bond donors (Lipinski definition) is 1. The predicted molar refractivity (Wildman–Crippen MR) is 121 cm³/mol. The molecule has 5 nitrogen and oxygen atoms in total. The Morgan fingerprint density at radius 2 is 1.03 bits per heavy atom. The molecule has 0 aromatic carbocycles. The summed E-state index contributed by atoms with van der Waals surface area (Å²) in [6.07, 6.45) is 31.4. The third kappa shape index (κ3) is 21.1. The summed E-state index contributed by atoms with van der Waals surface area (Å²) in [5.41, 5.74) is 0. The minimum absolute atomic E-state index is 0.0443. The molecule has 0 rings (SSSR count). The molecule has 0 fully saturated rings. The maximum Gasteiger partial charge on any atom is 0.338 e. The molecule has 5 heteroatoms. The van der Waals surface area contributed by atoms with Gasteiger partial charge in [-0.15, -0.1) is 0 Å². The maximum atomic E-state index is 11.4. The van der Waals surface area contributed by atoms with Gasteiger partial charge in [-0.25, -0.2) is 9.59 Å². The smallest absolute Gasteiger partial charge is 0.338 e. The van der Waals surface area contributed by atoms with E-state index in [4.69, 9.17) is 5.11 Å². The molecule has 0 aliphatic carbocycles. The summed E-state index contributed by atoms with van der Waals surface area (Å²) in [4.78, 5) is 32.7. The van der Waals surface area contributed by atoms with E-state index < -0.39 is 17.9 Å². The van der Waals surface area contributed by atoms with E-state index in [2.05, 4.69) is 60.3 Å². The summed E-state index contributed by atoms with van der Waals surface area (Å²) < 4.78 is 4.42. The van der Waals surface area contributed by atoms with Gasteiger partial charge in [-0.2, -0.15) is 0 Å². The zero-order chi connectivity index (χ0) is 22.3. The Hall–Kier alpha value is -3.21. The van der Waals surface area contributed by atoms with Crippen molar-refractivity contribution in [3.05, 3.63) is 85.1 Å². The Balaban J connectivity index is 3.75. The fraction of sp³-hybridized carbons (Fsp3) is 0.320. The van der Waals surface area contributed by atoms with Crippen molar-refractivity contribution >= 4 is 17.9 Å². The largest absolute Gasteiger partial charge is 0.478 e.